The number of aryl methyl sites for hydroxylation is 1. The molecule has 21 heavy (non-hydrogen) atoms. The van der Waals surface area contributed by atoms with Gasteiger partial charge < -0.3 is 14.4 Å². The first kappa shape index (κ1) is 14.6. The number of nitrogens with zero attached hydrogens (tertiary/aromatic N) is 1. The first-order valence-corrected chi connectivity index (χ1v) is 7.95. The molecular weight excluding hydrogens is 262 g/mol. The fourth-order valence-electron chi connectivity index (χ4n) is 3.29. The zero-order valence-corrected chi connectivity index (χ0v) is 13.2. The number of hydrogen-bond acceptors (Lipinski definition) is 3. The molecule has 1 atom stereocenters. The predicted molar refractivity (Wildman–Crippen MR) is 85.4 cm³/mol. The zero-order valence-electron chi connectivity index (χ0n) is 13.2. The lowest BCUT2D eigenvalue weighted by atomic mass is 9.92. The summed E-state index contributed by atoms with van der Waals surface area (Å²) in [5, 5.41) is 12.2. The molecule has 1 aliphatic heterocycles. The quantitative estimate of drug-likeness (QED) is 0.912. The van der Waals surface area contributed by atoms with Gasteiger partial charge in [0.25, 0.3) is 0 Å². The van der Waals surface area contributed by atoms with Gasteiger partial charge in [-0.2, -0.15) is 0 Å². The first-order chi connectivity index (χ1) is 9.98. The highest BCUT2D eigenvalue weighted by molar-refractivity contribution is 5.78. The second kappa shape index (κ2) is 5.47. The van der Waals surface area contributed by atoms with Crippen molar-refractivity contribution in [1.29, 1.82) is 0 Å². The highest BCUT2D eigenvalue weighted by Crippen LogP contribution is 2.36. The van der Waals surface area contributed by atoms with Crippen LogP contribution in [0.4, 0.5) is 0 Å². The summed E-state index contributed by atoms with van der Waals surface area (Å²) in [5.41, 5.74) is 1.26. The predicted octanol–water partition coefficient (Wildman–Crippen LogP) is 3.82. The van der Waals surface area contributed by atoms with E-state index in [-0.39, 0.29) is 0 Å². The average molecular weight is 287 g/mol. The minimum atomic E-state index is -0.823. The number of likely N-dealkylation sites (tertiary alicyclic amines) is 1. The Morgan fingerprint density at radius 1 is 1.19 bits per heavy atom. The van der Waals surface area contributed by atoms with Crippen molar-refractivity contribution in [3.63, 3.8) is 0 Å². The number of furan rings is 1. The van der Waals surface area contributed by atoms with E-state index in [1.165, 1.54) is 5.56 Å². The van der Waals surface area contributed by atoms with Crippen molar-refractivity contribution < 1.29 is 9.52 Å². The Hall–Kier alpha value is -1.32. The average Bonchev–Trinajstić information content (AvgIpc) is 2.75. The third-order valence-corrected chi connectivity index (χ3v) is 4.71. The Labute approximate surface area is 126 Å². The van der Waals surface area contributed by atoms with Gasteiger partial charge in [0, 0.05) is 18.0 Å². The molecular formula is C18H25NO2. The Bertz CT molecular complexity index is 631. The molecule has 2 aromatic rings. The van der Waals surface area contributed by atoms with Gasteiger partial charge >= 0.3 is 0 Å². The Morgan fingerprint density at radius 3 is 2.76 bits per heavy atom. The highest BCUT2D eigenvalue weighted by Gasteiger charge is 2.35. The highest BCUT2D eigenvalue weighted by atomic mass is 16.4. The van der Waals surface area contributed by atoms with Crippen molar-refractivity contribution in [3.8, 4) is 0 Å². The van der Waals surface area contributed by atoms with Crippen LogP contribution in [0.1, 0.15) is 44.4 Å². The van der Waals surface area contributed by atoms with Crippen LogP contribution in [0.3, 0.4) is 0 Å². The SMILES string of the molecule is Cc1ccc2oc(C3(O)CCCN(C(C)C)CC3)cc2c1. The fraction of sp³-hybridized carbons (Fsp3) is 0.556. The molecule has 1 aliphatic rings. The van der Waals surface area contributed by atoms with Crippen LogP contribution in [0.2, 0.25) is 0 Å². The van der Waals surface area contributed by atoms with Gasteiger partial charge in [-0.05, 0) is 64.8 Å². The van der Waals surface area contributed by atoms with E-state index in [2.05, 4.69) is 31.7 Å². The van der Waals surface area contributed by atoms with Crippen LogP contribution in [0.15, 0.2) is 28.7 Å². The molecule has 0 saturated carbocycles. The van der Waals surface area contributed by atoms with Crippen LogP contribution < -0.4 is 0 Å². The topological polar surface area (TPSA) is 36.6 Å². The maximum absolute atomic E-state index is 11.1. The van der Waals surface area contributed by atoms with Gasteiger partial charge in [0.05, 0.1) is 0 Å². The van der Waals surface area contributed by atoms with Crippen LogP contribution in [-0.4, -0.2) is 29.1 Å². The van der Waals surface area contributed by atoms with Crippen LogP contribution >= 0.6 is 0 Å². The lowest BCUT2D eigenvalue weighted by Gasteiger charge is -2.26. The number of benzene rings is 1. The molecule has 0 radical (unpaired) electrons. The van der Waals surface area contributed by atoms with E-state index in [9.17, 15) is 5.11 Å². The summed E-state index contributed by atoms with van der Waals surface area (Å²) in [6.45, 7) is 8.49. The van der Waals surface area contributed by atoms with Gasteiger partial charge in [0.2, 0.25) is 0 Å². The molecule has 0 bridgehead atoms. The normalized spacial score (nSPS) is 24.6. The third kappa shape index (κ3) is 2.85. The van der Waals surface area contributed by atoms with Gasteiger partial charge in [-0.15, -0.1) is 0 Å². The van der Waals surface area contributed by atoms with Gasteiger partial charge in [-0.1, -0.05) is 11.6 Å². The molecule has 1 saturated heterocycles. The van der Waals surface area contributed by atoms with Crippen LogP contribution in [0.5, 0.6) is 0 Å². The lowest BCUT2D eigenvalue weighted by molar-refractivity contribution is 0.00111. The van der Waals surface area contributed by atoms with Crippen molar-refractivity contribution in [2.45, 2.75) is 51.7 Å². The molecule has 1 N–H and O–H groups in total. The molecule has 1 fully saturated rings. The van der Waals surface area contributed by atoms with Crippen LogP contribution in [-0.2, 0) is 5.60 Å². The fourth-order valence-corrected chi connectivity index (χ4v) is 3.29. The van der Waals surface area contributed by atoms with Crippen LogP contribution in [0, 0.1) is 6.92 Å². The summed E-state index contributed by atoms with van der Waals surface area (Å²) >= 11 is 0. The smallest absolute Gasteiger partial charge is 0.136 e. The number of fused-ring (bicyclic) bond motifs is 1. The van der Waals surface area contributed by atoms with E-state index in [0.29, 0.717) is 6.04 Å². The molecule has 2 heterocycles. The van der Waals surface area contributed by atoms with Gasteiger partial charge in [-0.25, -0.2) is 0 Å². The van der Waals surface area contributed by atoms with Crippen molar-refractivity contribution in [3.05, 3.63) is 35.6 Å². The molecule has 3 rings (SSSR count). The van der Waals surface area contributed by atoms with E-state index >= 15 is 0 Å². The standard InChI is InChI=1S/C18H25NO2/c1-13(2)19-9-4-7-18(20,8-10-19)17-12-15-11-14(3)5-6-16(15)21-17/h5-6,11-13,20H,4,7-10H2,1-3H3. The summed E-state index contributed by atoms with van der Waals surface area (Å²) in [4.78, 5) is 2.44. The molecule has 1 unspecified atom stereocenters. The Morgan fingerprint density at radius 2 is 2.00 bits per heavy atom. The second-order valence-electron chi connectivity index (χ2n) is 6.67. The maximum Gasteiger partial charge on any atom is 0.136 e. The van der Waals surface area contributed by atoms with Gasteiger partial charge in [0.1, 0.15) is 16.9 Å². The minimum Gasteiger partial charge on any atom is -0.458 e. The van der Waals surface area contributed by atoms with Gasteiger partial charge in [-0.3, -0.25) is 0 Å². The lowest BCUT2D eigenvalue weighted by Crippen LogP contribution is -2.33. The van der Waals surface area contributed by atoms with Gasteiger partial charge in [0.15, 0.2) is 0 Å². The second-order valence-corrected chi connectivity index (χ2v) is 6.67. The Balaban J connectivity index is 1.89. The van der Waals surface area contributed by atoms with E-state index in [1.54, 1.807) is 0 Å². The largest absolute Gasteiger partial charge is 0.458 e. The van der Waals surface area contributed by atoms with Crippen molar-refractivity contribution >= 4 is 11.0 Å². The summed E-state index contributed by atoms with van der Waals surface area (Å²) in [6.07, 6.45) is 2.52. The molecule has 0 spiro atoms. The molecule has 3 nitrogen and oxygen atoms in total. The van der Waals surface area contributed by atoms with E-state index in [1.807, 2.05) is 18.2 Å². The molecule has 1 aromatic carbocycles. The number of rotatable bonds is 2. The maximum atomic E-state index is 11.1. The summed E-state index contributed by atoms with van der Waals surface area (Å²) in [6, 6.07) is 8.71. The summed E-state index contributed by atoms with van der Waals surface area (Å²) in [5.74, 6) is 0.730. The minimum absolute atomic E-state index is 0.533. The summed E-state index contributed by atoms with van der Waals surface area (Å²) in [7, 11) is 0. The first-order valence-electron chi connectivity index (χ1n) is 7.95. The number of aliphatic hydroxyl groups is 1. The monoisotopic (exact) mass is 287 g/mol. The molecule has 3 heteroatoms. The third-order valence-electron chi connectivity index (χ3n) is 4.71. The van der Waals surface area contributed by atoms with Crippen molar-refractivity contribution in [2.24, 2.45) is 0 Å². The molecule has 0 amide bonds. The van der Waals surface area contributed by atoms with E-state index in [4.69, 9.17) is 4.42 Å². The zero-order chi connectivity index (χ0) is 15.0. The van der Waals surface area contributed by atoms with Crippen LogP contribution in [0.25, 0.3) is 11.0 Å². The molecule has 1 aromatic heterocycles. The van der Waals surface area contributed by atoms with E-state index < -0.39 is 5.60 Å². The number of hydrogen-bond donors (Lipinski definition) is 1. The van der Waals surface area contributed by atoms with Crippen molar-refractivity contribution in [1.82, 2.24) is 4.90 Å². The summed E-state index contributed by atoms with van der Waals surface area (Å²) < 4.78 is 5.95. The molecule has 114 valence electrons. The van der Waals surface area contributed by atoms with Crippen molar-refractivity contribution in [2.75, 3.05) is 13.1 Å². The Kier molecular flexibility index (Phi) is 3.80. The molecule has 0 aliphatic carbocycles. The van der Waals surface area contributed by atoms with E-state index in [0.717, 1.165) is 49.1 Å².